The Balaban J connectivity index is 1.21. The Morgan fingerprint density at radius 3 is 2.39 bits per heavy atom. The number of amides is 1. The Bertz CT molecular complexity index is 1320. The smallest absolute Gasteiger partial charge is 0.255 e. The molecule has 8 heteroatoms. The van der Waals surface area contributed by atoms with Crippen LogP contribution in [0.1, 0.15) is 40.2 Å². The van der Waals surface area contributed by atoms with Crippen molar-refractivity contribution in [3.05, 3.63) is 107 Å². The lowest BCUT2D eigenvalue weighted by molar-refractivity contribution is 0.102. The summed E-state index contributed by atoms with van der Waals surface area (Å²) in [6.07, 6.45) is 8.12. The van der Waals surface area contributed by atoms with E-state index in [9.17, 15) is 9.18 Å². The number of hydrogen-bond donors (Lipinski definition) is 1. The van der Waals surface area contributed by atoms with Gasteiger partial charge in [0.15, 0.2) is 5.82 Å². The molecule has 1 N–H and O–H groups in total. The van der Waals surface area contributed by atoms with Gasteiger partial charge < -0.3 is 5.32 Å². The lowest BCUT2D eigenvalue weighted by Crippen LogP contribution is -2.32. The van der Waals surface area contributed by atoms with Gasteiger partial charge in [0.05, 0.1) is 5.02 Å². The summed E-state index contributed by atoms with van der Waals surface area (Å²) in [5.74, 6) is 0.303. The van der Waals surface area contributed by atoms with Gasteiger partial charge in [-0.25, -0.2) is 14.4 Å². The number of likely N-dealkylation sites (tertiary alicyclic amines) is 1. The van der Waals surface area contributed by atoms with Gasteiger partial charge in [-0.05, 0) is 73.3 Å². The summed E-state index contributed by atoms with van der Waals surface area (Å²) >= 11 is 5.88. The molecular formula is C28H25ClFN5O. The van der Waals surface area contributed by atoms with Gasteiger partial charge in [0.25, 0.3) is 5.91 Å². The van der Waals surface area contributed by atoms with Crippen molar-refractivity contribution in [2.75, 3.05) is 18.4 Å². The Kier molecular flexibility index (Phi) is 7.30. The predicted octanol–water partition coefficient (Wildman–Crippen LogP) is 5.96. The number of carbonyl (C=O) groups excluding carboxylic acids is 1. The molecule has 1 saturated heterocycles. The first kappa shape index (κ1) is 24.0. The standard InChI is InChI=1S/C28H25ClFN5O/c29-23-16-32-27(33-17-23)21-3-1-19(2-4-21)18-35-13-9-20(10-14-35)25-15-24(30)5-6-26(25)34-28(36)22-7-11-31-12-8-22/h1-8,11-12,15-17,20H,9-10,13-14,18H2,(H,34,36). The highest BCUT2D eigenvalue weighted by atomic mass is 35.5. The summed E-state index contributed by atoms with van der Waals surface area (Å²) in [5.41, 5.74) is 4.19. The summed E-state index contributed by atoms with van der Waals surface area (Å²) in [6, 6.07) is 16.2. The number of rotatable bonds is 6. The minimum absolute atomic E-state index is 0.175. The SMILES string of the molecule is O=C(Nc1ccc(F)cc1C1CCN(Cc2ccc(-c3ncc(Cl)cn3)cc2)CC1)c1ccncc1. The molecule has 0 saturated carbocycles. The summed E-state index contributed by atoms with van der Waals surface area (Å²) < 4.78 is 14.2. The number of aromatic nitrogens is 3. The van der Waals surface area contributed by atoms with Gasteiger partial charge in [0.2, 0.25) is 0 Å². The normalized spacial score (nSPS) is 14.5. The topological polar surface area (TPSA) is 71.0 Å². The molecule has 6 nitrogen and oxygen atoms in total. The highest BCUT2D eigenvalue weighted by Gasteiger charge is 2.24. The molecule has 0 bridgehead atoms. The molecule has 1 amide bonds. The zero-order chi connectivity index (χ0) is 24.9. The quantitative estimate of drug-likeness (QED) is 0.353. The number of hydrogen-bond acceptors (Lipinski definition) is 5. The van der Waals surface area contributed by atoms with E-state index in [2.05, 4.69) is 37.3 Å². The van der Waals surface area contributed by atoms with Crippen LogP contribution in [0.4, 0.5) is 10.1 Å². The van der Waals surface area contributed by atoms with Crippen LogP contribution in [0, 0.1) is 5.82 Å². The van der Waals surface area contributed by atoms with E-state index in [1.54, 1.807) is 49.1 Å². The van der Waals surface area contributed by atoms with Crippen LogP contribution in [-0.2, 0) is 6.54 Å². The second-order valence-corrected chi connectivity index (χ2v) is 9.33. The summed E-state index contributed by atoms with van der Waals surface area (Å²) in [4.78, 5) is 27.6. The van der Waals surface area contributed by atoms with Crippen molar-refractivity contribution in [2.24, 2.45) is 0 Å². The molecular weight excluding hydrogens is 477 g/mol. The molecule has 1 aliphatic heterocycles. The van der Waals surface area contributed by atoms with Crippen LogP contribution < -0.4 is 5.32 Å². The average Bonchev–Trinajstić information content (AvgIpc) is 2.91. The van der Waals surface area contributed by atoms with E-state index < -0.39 is 0 Å². The number of anilines is 1. The Hall–Kier alpha value is -3.68. The van der Waals surface area contributed by atoms with Gasteiger partial charge in [-0.15, -0.1) is 0 Å². The van der Waals surface area contributed by atoms with Crippen LogP contribution in [0.3, 0.4) is 0 Å². The number of benzene rings is 2. The van der Waals surface area contributed by atoms with Gasteiger partial charge in [0.1, 0.15) is 5.82 Å². The number of pyridine rings is 1. The molecule has 0 spiro atoms. The molecule has 1 fully saturated rings. The first-order chi connectivity index (χ1) is 17.5. The second-order valence-electron chi connectivity index (χ2n) is 8.89. The monoisotopic (exact) mass is 501 g/mol. The van der Waals surface area contributed by atoms with Crippen LogP contribution in [0.15, 0.2) is 79.4 Å². The van der Waals surface area contributed by atoms with Crippen molar-refractivity contribution in [3.8, 4) is 11.4 Å². The van der Waals surface area contributed by atoms with E-state index in [4.69, 9.17) is 11.6 Å². The number of piperidine rings is 1. The van der Waals surface area contributed by atoms with Crippen molar-refractivity contribution in [1.82, 2.24) is 19.9 Å². The van der Waals surface area contributed by atoms with Gasteiger partial charge >= 0.3 is 0 Å². The third-order valence-corrected chi connectivity index (χ3v) is 6.67. The lowest BCUT2D eigenvalue weighted by Gasteiger charge is -2.33. The van der Waals surface area contributed by atoms with Crippen molar-refractivity contribution in [3.63, 3.8) is 0 Å². The predicted molar refractivity (Wildman–Crippen MR) is 138 cm³/mol. The van der Waals surface area contributed by atoms with E-state index in [-0.39, 0.29) is 17.6 Å². The second kappa shape index (κ2) is 10.9. The van der Waals surface area contributed by atoms with Crippen molar-refractivity contribution in [1.29, 1.82) is 0 Å². The first-order valence-electron chi connectivity index (χ1n) is 11.9. The Morgan fingerprint density at radius 1 is 1.00 bits per heavy atom. The molecule has 5 rings (SSSR count). The number of halogens is 2. The first-order valence-corrected chi connectivity index (χ1v) is 12.2. The van der Waals surface area contributed by atoms with E-state index in [1.807, 2.05) is 12.1 Å². The van der Waals surface area contributed by atoms with Gasteiger partial charge in [-0.3, -0.25) is 14.7 Å². The van der Waals surface area contributed by atoms with Gasteiger partial charge in [0, 0.05) is 48.1 Å². The summed E-state index contributed by atoms with van der Waals surface area (Å²) in [6.45, 7) is 2.62. The zero-order valence-electron chi connectivity index (χ0n) is 19.6. The maximum Gasteiger partial charge on any atom is 0.255 e. The fourth-order valence-electron chi connectivity index (χ4n) is 4.56. The molecule has 182 valence electrons. The van der Waals surface area contributed by atoms with E-state index in [0.29, 0.717) is 22.1 Å². The van der Waals surface area contributed by atoms with E-state index >= 15 is 0 Å². The molecule has 0 aliphatic carbocycles. The number of nitrogens with zero attached hydrogens (tertiary/aromatic N) is 4. The summed E-state index contributed by atoms with van der Waals surface area (Å²) in [7, 11) is 0. The molecule has 2 aromatic heterocycles. The van der Waals surface area contributed by atoms with E-state index in [1.165, 1.54) is 11.6 Å². The molecule has 3 heterocycles. The lowest BCUT2D eigenvalue weighted by atomic mass is 9.88. The van der Waals surface area contributed by atoms with Crippen molar-refractivity contribution >= 4 is 23.2 Å². The van der Waals surface area contributed by atoms with Crippen LogP contribution in [-0.4, -0.2) is 38.8 Å². The summed E-state index contributed by atoms with van der Waals surface area (Å²) in [5, 5.41) is 3.47. The van der Waals surface area contributed by atoms with E-state index in [0.717, 1.165) is 43.6 Å². The van der Waals surface area contributed by atoms with Crippen molar-refractivity contribution < 1.29 is 9.18 Å². The zero-order valence-corrected chi connectivity index (χ0v) is 20.3. The van der Waals surface area contributed by atoms with Gasteiger partial charge in [-0.2, -0.15) is 0 Å². The van der Waals surface area contributed by atoms with Crippen LogP contribution in [0.25, 0.3) is 11.4 Å². The van der Waals surface area contributed by atoms with Crippen molar-refractivity contribution in [2.45, 2.75) is 25.3 Å². The molecule has 0 atom stereocenters. The maximum absolute atomic E-state index is 14.2. The fourth-order valence-corrected chi connectivity index (χ4v) is 4.66. The average molecular weight is 502 g/mol. The number of nitrogens with one attached hydrogen (secondary N) is 1. The van der Waals surface area contributed by atoms with Crippen LogP contribution in [0.5, 0.6) is 0 Å². The third-order valence-electron chi connectivity index (χ3n) is 6.47. The van der Waals surface area contributed by atoms with Crippen LogP contribution >= 0.6 is 11.6 Å². The van der Waals surface area contributed by atoms with Gasteiger partial charge in [-0.1, -0.05) is 35.9 Å². The molecule has 1 aliphatic rings. The Morgan fingerprint density at radius 2 is 1.69 bits per heavy atom. The molecule has 2 aromatic carbocycles. The number of carbonyl (C=O) groups is 1. The highest BCUT2D eigenvalue weighted by Crippen LogP contribution is 2.34. The molecule has 4 aromatic rings. The van der Waals surface area contributed by atoms with Crippen LogP contribution in [0.2, 0.25) is 5.02 Å². The maximum atomic E-state index is 14.2. The molecule has 36 heavy (non-hydrogen) atoms. The fraction of sp³-hybridized carbons (Fsp3) is 0.214. The minimum atomic E-state index is -0.293. The highest BCUT2D eigenvalue weighted by molar-refractivity contribution is 6.30. The minimum Gasteiger partial charge on any atom is -0.322 e. The Labute approximate surface area is 214 Å². The molecule has 0 unspecified atom stereocenters. The largest absolute Gasteiger partial charge is 0.322 e. The molecule has 0 radical (unpaired) electrons. The third kappa shape index (κ3) is 5.75.